The van der Waals surface area contributed by atoms with Gasteiger partial charge in [0.15, 0.2) is 0 Å². The van der Waals surface area contributed by atoms with Crippen LogP contribution in [-0.2, 0) is 17.8 Å². The second-order valence-electron chi connectivity index (χ2n) is 5.28. The summed E-state index contributed by atoms with van der Waals surface area (Å²) in [6.07, 6.45) is 0.236. The van der Waals surface area contributed by atoms with E-state index in [9.17, 15) is 14.9 Å². The summed E-state index contributed by atoms with van der Waals surface area (Å²) >= 11 is 0. The maximum atomic E-state index is 12.2. The molecule has 0 aliphatic rings. The zero-order valence-electron chi connectivity index (χ0n) is 12.7. The van der Waals surface area contributed by atoms with Gasteiger partial charge in [-0.05, 0) is 23.6 Å². The summed E-state index contributed by atoms with van der Waals surface area (Å²) in [5, 5.41) is 10.6. The minimum atomic E-state index is -0.449. The molecule has 0 spiro atoms. The van der Waals surface area contributed by atoms with Crippen LogP contribution in [0.5, 0.6) is 0 Å². The van der Waals surface area contributed by atoms with Gasteiger partial charge in [-0.1, -0.05) is 36.4 Å². The number of amides is 1. The average molecular weight is 298 g/mol. The van der Waals surface area contributed by atoms with E-state index in [2.05, 4.69) is 0 Å². The molecule has 0 radical (unpaired) electrons. The Balaban J connectivity index is 1.99. The molecule has 0 N–H and O–H groups in total. The van der Waals surface area contributed by atoms with Crippen molar-refractivity contribution < 1.29 is 9.72 Å². The van der Waals surface area contributed by atoms with Crippen LogP contribution in [0.4, 0.5) is 5.69 Å². The predicted octanol–water partition coefficient (Wildman–Crippen LogP) is 3.10. The van der Waals surface area contributed by atoms with Gasteiger partial charge >= 0.3 is 0 Å². The number of hydrogen-bond donors (Lipinski definition) is 0. The van der Waals surface area contributed by atoms with Crippen molar-refractivity contribution in [3.05, 3.63) is 75.3 Å². The third-order valence-electron chi connectivity index (χ3n) is 3.60. The summed E-state index contributed by atoms with van der Waals surface area (Å²) in [7, 11) is 1.76. The van der Waals surface area contributed by atoms with Gasteiger partial charge in [-0.25, -0.2) is 0 Å². The molecule has 5 nitrogen and oxygen atoms in total. The molecular weight excluding hydrogens is 280 g/mol. The minimum absolute atomic E-state index is 0.0166. The minimum Gasteiger partial charge on any atom is -0.341 e. The van der Waals surface area contributed by atoms with Crippen molar-refractivity contribution >= 4 is 11.6 Å². The fourth-order valence-electron chi connectivity index (χ4n) is 2.18. The number of rotatable bonds is 5. The summed E-state index contributed by atoms with van der Waals surface area (Å²) < 4.78 is 0. The van der Waals surface area contributed by atoms with Gasteiger partial charge in [0.2, 0.25) is 5.91 Å². The molecule has 1 amide bonds. The zero-order valence-corrected chi connectivity index (χ0v) is 12.7. The first-order chi connectivity index (χ1) is 10.5. The Morgan fingerprint density at radius 2 is 1.77 bits per heavy atom. The molecule has 2 aromatic rings. The topological polar surface area (TPSA) is 63.5 Å². The van der Waals surface area contributed by atoms with Gasteiger partial charge < -0.3 is 4.90 Å². The molecule has 0 fully saturated rings. The van der Waals surface area contributed by atoms with E-state index in [-0.39, 0.29) is 18.0 Å². The highest BCUT2D eigenvalue weighted by Crippen LogP contribution is 2.14. The van der Waals surface area contributed by atoms with Gasteiger partial charge in [0.1, 0.15) is 0 Å². The lowest BCUT2D eigenvalue weighted by molar-refractivity contribution is -0.384. The van der Waals surface area contributed by atoms with Gasteiger partial charge in [0.05, 0.1) is 11.3 Å². The molecule has 2 aromatic carbocycles. The van der Waals surface area contributed by atoms with Crippen LogP contribution in [0.25, 0.3) is 0 Å². The molecule has 0 aromatic heterocycles. The first-order valence-electron chi connectivity index (χ1n) is 6.99. The van der Waals surface area contributed by atoms with E-state index in [1.807, 2.05) is 31.2 Å². The average Bonchev–Trinajstić information content (AvgIpc) is 2.50. The van der Waals surface area contributed by atoms with Crippen molar-refractivity contribution in [3.8, 4) is 0 Å². The monoisotopic (exact) mass is 298 g/mol. The molecule has 0 aliphatic heterocycles. The molecule has 0 bridgehead atoms. The van der Waals surface area contributed by atoms with Crippen molar-refractivity contribution in [3.63, 3.8) is 0 Å². The predicted molar refractivity (Wildman–Crippen MR) is 84.5 cm³/mol. The molecule has 22 heavy (non-hydrogen) atoms. The van der Waals surface area contributed by atoms with Crippen molar-refractivity contribution in [2.45, 2.75) is 19.9 Å². The second-order valence-corrected chi connectivity index (χ2v) is 5.28. The first kappa shape index (κ1) is 15.7. The zero-order chi connectivity index (χ0) is 16.1. The Morgan fingerprint density at radius 1 is 1.14 bits per heavy atom. The van der Waals surface area contributed by atoms with Crippen LogP contribution in [0.3, 0.4) is 0 Å². The summed E-state index contributed by atoms with van der Waals surface area (Å²) in [6.45, 7) is 2.57. The molecule has 0 saturated carbocycles. The fraction of sp³-hybridized carbons (Fsp3) is 0.235. The quantitative estimate of drug-likeness (QED) is 0.629. The number of aryl methyl sites for hydroxylation is 1. The SMILES string of the molecule is Cc1ccccc1CN(C)C(=O)Cc1ccc([N+](=O)[O-])cc1. The third-order valence-corrected chi connectivity index (χ3v) is 3.60. The van der Waals surface area contributed by atoms with Crippen molar-refractivity contribution in [2.24, 2.45) is 0 Å². The summed E-state index contributed by atoms with van der Waals surface area (Å²) in [5.41, 5.74) is 3.07. The summed E-state index contributed by atoms with van der Waals surface area (Å²) in [4.78, 5) is 24.1. The number of carbonyl (C=O) groups is 1. The van der Waals surface area contributed by atoms with Crippen LogP contribution < -0.4 is 0 Å². The number of nitro groups is 1. The van der Waals surface area contributed by atoms with Crippen LogP contribution >= 0.6 is 0 Å². The molecular formula is C17H18N2O3. The van der Waals surface area contributed by atoms with Crippen molar-refractivity contribution in [2.75, 3.05) is 7.05 Å². The van der Waals surface area contributed by atoms with E-state index in [1.165, 1.54) is 12.1 Å². The number of likely N-dealkylation sites (N-methyl/N-ethyl adjacent to an activating group) is 1. The number of nitro benzene ring substituents is 1. The van der Waals surface area contributed by atoms with Crippen LogP contribution in [0.15, 0.2) is 48.5 Å². The lowest BCUT2D eigenvalue weighted by Gasteiger charge is -2.18. The maximum absolute atomic E-state index is 12.2. The Morgan fingerprint density at radius 3 is 2.36 bits per heavy atom. The first-order valence-corrected chi connectivity index (χ1v) is 6.99. The van der Waals surface area contributed by atoms with Gasteiger partial charge in [0, 0.05) is 25.7 Å². The Labute approximate surface area is 129 Å². The smallest absolute Gasteiger partial charge is 0.269 e. The van der Waals surface area contributed by atoms with Crippen LogP contribution in [0, 0.1) is 17.0 Å². The van der Waals surface area contributed by atoms with Gasteiger partial charge in [-0.2, -0.15) is 0 Å². The highest BCUT2D eigenvalue weighted by molar-refractivity contribution is 5.78. The Hall–Kier alpha value is -2.69. The largest absolute Gasteiger partial charge is 0.341 e. The molecule has 114 valence electrons. The molecule has 0 unspecified atom stereocenters. The molecule has 0 aliphatic carbocycles. The Bertz CT molecular complexity index is 681. The normalized spacial score (nSPS) is 10.3. The number of nitrogens with zero attached hydrogens (tertiary/aromatic N) is 2. The number of hydrogen-bond acceptors (Lipinski definition) is 3. The van der Waals surface area contributed by atoms with E-state index in [4.69, 9.17) is 0 Å². The van der Waals surface area contributed by atoms with Gasteiger partial charge in [-0.3, -0.25) is 14.9 Å². The van der Waals surface area contributed by atoms with Crippen molar-refractivity contribution in [1.82, 2.24) is 4.90 Å². The third kappa shape index (κ3) is 3.91. The van der Waals surface area contributed by atoms with E-state index >= 15 is 0 Å². The maximum Gasteiger partial charge on any atom is 0.269 e. The van der Waals surface area contributed by atoms with Gasteiger partial charge in [-0.15, -0.1) is 0 Å². The highest BCUT2D eigenvalue weighted by atomic mass is 16.6. The van der Waals surface area contributed by atoms with E-state index in [0.29, 0.717) is 6.54 Å². The Kier molecular flexibility index (Phi) is 4.88. The van der Waals surface area contributed by atoms with Crippen LogP contribution in [0.1, 0.15) is 16.7 Å². The number of benzene rings is 2. The molecule has 2 rings (SSSR count). The number of non-ortho nitro benzene ring substituents is 1. The lowest BCUT2D eigenvalue weighted by atomic mass is 10.1. The van der Waals surface area contributed by atoms with E-state index in [1.54, 1.807) is 24.1 Å². The number of carbonyl (C=O) groups excluding carboxylic acids is 1. The summed E-state index contributed by atoms with van der Waals surface area (Å²) in [6, 6.07) is 14.0. The van der Waals surface area contributed by atoms with E-state index < -0.39 is 4.92 Å². The molecule has 5 heteroatoms. The lowest BCUT2D eigenvalue weighted by Crippen LogP contribution is -2.28. The van der Waals surface area contributed by atoms with E-state index in [0.717, 1.165) is 16.7 Å². The van der Waals surface area contributed by atoms with Gasteiger partial charge in [0.25, 0.3) is 5.69 Å². The summed E-state index contributed by atoms with van der Waals surface area (Å²) in [5.74, 6) is -0.0166. The van der Waals surface area contributed by atoms with Crippen LogP contribution in [-0.4, -0.2) is 22.8 Å². The second kappa shape index (κ2) is 6.85. The molecule has 0 atom stereocenters. The molecule has 0 saturated heterocycles. The highest BCUT2D eigenvalue weighted by Gasteiger charge is 2.12. The van der Waals surface area contributed by atoms with Crippen molar-refractivity contribution in [1.29, 1.82) is 0 Å². The fourth-order valence-corrected chi connectivity index (χ4v) is 2.18. The van der Waals surface area contributed by atoms with Crippen LogP contribution in [0.2, 0.25) is 0 Å². The standard InChI is InChI=1S/C17H18N2O3/c1-13-5-3-4-6-15(13)12-18(2)17(20)11-14-7-9-16(10-8-14)19(21)22/h3-10H,11-12H2,1-2H3. The molecule has 0 heterocycles.